The summed E-state index contributed by atoms with van der Waals surface area (Å²) in [6, 6.07) is 2.03. The Bertz CT molecular complexity index is 487. The summed E-state index contributed by atoms with van der Waals surface area (Å²) in [6.45, 7) is 6.85. The third-order valence-electron chi connectivity index (χ3n) is 4.28. The van der Waals surface area contributed by atoms with E-state index < -0.39 is 6.10 Å². The predicted molar refractivity (Wildman–Crippen MR) is 83.3 cm³/mol. The molecule has 1 fully saturated rings. The van der Waals surface area contributed by atoms with Gasteiger partial charge in [-0.1, -0.05) is 22.9 Å². The number of hydrogen-bond donors (Lipinski definition) is 1. The highest BCUT2D eigenvalue weighted by Gasteiger charge is 2.36. The van der Waals surface area contributed by atoms with Crippen molar-refractivity contribution in [3.05, 3.63) is 27.2 Å². The molecule has 3 nitrogen and oxygen atoms in total. The summed E-state index contributed by atoms with van der Waals surface area (Å²) in [5.74, 6) is 0.932. The predicted octanol–water partition coefficient (Wildman–Crippen LogP) is 3.92. The summed E-state index contributed by atoms with van der Waals surface area (Å²) >= 11 is 3.57. The monoisotopic (exact) mass is 342 g/mol. The van der Waals surface area contributed by atoms with Gasteiger partial charge in [0.05, 0.1) is 19.3 Å². The maximum absolute atomic E-state index is 10.9. The quantitative estimate of drug-likeness (QED) is 0.901. The van der Waals surface area contributed by atoms with Gasteiger partial charge in [-0.2, -0.15) is 0 Å². The fourth-order valence-electron chi connectivity index (χ4n) is 3.16. The van der Waals surface area contributed by atoms with Crippen molar-refractivity contribution in [2.45, 2.75) is 45.8 Å². The zero-order valence-electron chi connectivity index (χ0n) is 12.6. The number of ether oxygens (including phenoxy) is 2. The number of aliphatic hydroxyl groups excluding tert-OH is 1. The van der Waals surface area contributed by atoms with E-state index in [1.165, 1.54) is 0 Å². The standard InChI is InChI=1S/C16H23BrO3/c1-5-13-11(6-7-20-13)15(18)14-10(3)12(17)8-9(2)16(14)19-4/h8,11,13,15,18H,5-7H2,1-4H3. The number of aryl methyl sites for hydroxylation is 1. The molecule has 0 spiro atoms. The Morgan fingerprint density at radius 3 is 2.80 bits per heavy atom. The number of methoxy groups -OCH3 is 1. The summed E-state index contributed by atoms with van der Waals surface area (Å²) in [7, 11) is 1.66. The number of benzene rings is 1. The molecule has 2 rings (SSSR count). The zero-order chi connectivity index (χ0) is 14.9. The van der Waals surface area contributed by atoms with E-state index in [9.17, 15) is 5.11 Å². The Hall–Kier alpha value is -0.580. The van der Waals surface area contributed by atoms with Crippen molar-refractivity contribution in [3.63, 3.8) is 0 Å². The van der Waals surface area contributed by atoms with E-state index in [4.69, 9.17) is 9.47 Å². The van der Waals surface area contributed by atoms with Gasteiger partial charge in [-0.3, -0.25) is 0 Å². The molecular weight excluding hydrogens is 320 g/mol. The van der Waals surface area contributed by atoms with Gasteiger partial charge in [0.1, 0.15) is 5.75 Å². The molecule has 1 aliphatic heterocycles. The average Bonchev–Trinajstić information content (AvgIpc) is 2.90. The highest BCUT2D eigenvalue weighted by Crippen LogP contribution is 2.43. The summed E-state index contributed by atoms with van der Waals surface area (Å²) in [4.78, 5) is 0. The molecule has 20 heavy (non-hydrogen) atoms. The van der Waals surface area contributed by atoms with Gasteiger partial charge in [-0.15, -0.1) is 0 Å². The van der Waals surface area contributed by atoms with Gasteiger partial charge in [0, 0.05) is 22.6 Å². The molecule has 1 saturated heterocycles. The maximum Gasteiger partial charge on any atom is 0.127 e. The van der Waals surface area contributed by atoms with Crippen LogP contribution in [-0.4, -0.2) is 24.9 Å². The van der Waals surface area contributed by atoms with Crippen LogP contribution in [0.1, 0.15) is 42.6 Å². The first-order chi connectivity index (χ1) is 9.51. The SMILES string of the molecule is CCC1OCCC1C(O)c1c(C)c(Br)cc(C)c1OC. The molecule has 0 aromatic heterocycles. The second-order valence-electron chi connectivity index (χ2n) is 5.46. The molecule has 3 atom stereocenters. The number of aliphatic hydroxyl groups is 1. The van der Waals surface area contributed by atoms with Gasteiger partial charge in [0.15, 0.2) is 0 Å². The first-order valence-corrected chi connectivity index (χ1v) is 7.93. The highest BCUT2D eigenvalue weighted by atomic mass is 79.9. The Labute approximate surface area is 129 Å². The van der Waals surface area contributed by atoms with Crippen LogP contribution in [-0.2, 0) is 4.74 Å². The van der Waals surface area contributed by atoms with Crippen LogP contribution in [0.2, 0.25) is 0 Å². The second kappa shape index (κ2) is 6.46. The van der Waals surface area contributed by atoms with Crippen LogP contribution >= 0.6 is 15.9 Å². The Kier molecular flexibility index (Phi) is 5.10. The first-order valence-electron chi connectivity index (χ1n) is 7.14. The van der Waals surface area contributed by atoms with Crippen molar-refractivity contribution in [2.24, 2.45) is 5.92 Å². The van der Waals surface area contributed by atoms with Crippen LogP contribution in [0, 0.1) is 19.8 Å². The molecule has 0 amide bonds. The second-order valence-corrected chi connectivity index (χ2v) is 6.32. The first kappa shape index (κ1) is 15.8. The molecule has 0 saturated carbocycles. The molecule has 4 heteroatoms. The fraction of sp³-hybridized carbons (Fsp3) is 0.625. The van der Waals surface area contributed by atoms with E-state index in [-0.39, 0.29) is 12.0 Å². The average molecular weight is 343 g/mol. The topological polar surface area (TPSA) is 38.7 Å². The molecule has 3 unspecified atom stereocenters. The molecule has 1 aliphatic rings. The van der Waals surface area contributed by atoms with E-state index in [1.807, 2.05) is 19.9 Å². The van der Waals surface area contributed by atoms with Gasteiger partial charge in [0.25, 0.3) is 0 Å². The normalized spacial score (nSPS) is 23.9. The van der Waals surface area contributed by atoms with Crippen LogP contribution in [0.5, 0.6) is 5.75 Å². The van der Waals surface area contributed by atoms with Crippen LogP contribution in [0.4, 0.5) is 0 Å². The molecule has 1 N–H and O–H groups in total. The molecular formula is C16H23BrO3. The van der Waals surface area contributed by atoms with Crippen LogP contribution in [0.15, 0.2) is 10.5 Å². The maximum atomic E-state index is 10.9. The third kappa shape index (κ3) is 2.74. The molecule has 1 heterocycles. The molecule has 1 aromatic rings. The van der Waals surface area contributed by atoms with E-state index in [1.54, 1.807) is 7.11 Å². The minimum atomic E-state index is -0.548. The zero-order valence-corrected chi connectivity index (χ0v) is 14.2. The number of hydrogen-bond acceptors (Lipinski definition) is 3. The Balaban J connectivity index is 2.45. The van der Waals surface area contributed by atoms with Crippen molar-refractivity contribution in [3.8, 4) is 5.75 Å². The fourth-order valence-corrected chi connectivity index (χ4v) is 3.72. The van der Waals surface area contributed by atoms with E-state index in [0.29, 0.717) is 0 Å². The van der Waals surface area contributed by atoms with Gasteiger partial charge in [0.2, 0.25) is 0 Å². The minimum Gasteiger partial charge on any atom is -0.496 e. The number of halogens is 1. The third-order valence-corrected chi connectivity index (χ3v) is 5.10. The molecule has 112 valence electrons. The van der Waals surface area contributed by atoms with Crippen LogP contribution in [0.3, 0.4) is 0 Å². The molecule has 0 radical (unpaired) electrons. The lowest BCUT2D eigenvalue weighted by Crippen LogP contribution is -2.23. The smallest absolute Gasteiger partial charge is 0.127 e. The van der Waals surface area contributed by atoms with E-state index in [0.717, 1.165) is 46.4 Å². The highest BCUT2D eigenvalue weighted by molar-refractivity contribution is 9.10. The largest absolute Gasteiger partial charge is 0.496 e. The van der Waals surface area contributed by atoms with Crippen LogP contribution in [0.25, 0.3) is 0 Å². The number of rotatable bonds is 4. The van der Waals surface area contributed by atoms with Crippen LogP contribution < -0.4 is 4.74 Å². The van der Waals surface area contributed by atoms with Crippen molar-refractivity contribution < 1.29 is 14.6 Å². The van der Waals surface area contributed by atoms with E-state index >= 15 is 0 Å². The lowest BCUT2D eigenvalue weighted by molar-refractivity contribution is 0.0294. The molecule has 0 bridgehead atoms. The lowest BCUT2D eigenvalue weighted by atomic mass is 9.86. The van der Waals surface area contributed by atoms with Crippen molar-refractivity contribution in [2.75, 3.05) is 13.7 Å². The van der Waals surface area contributed by atoms with Crippen molar-refractivity contribution >= 4 is 15.9 Å². The summed E-state index contributed by atoms with van der Waals surface area (Å²) < 4.78 is 12.3. The summed E-state index contributed by atoms with van der Waals surface area (Å²) in [5, 5.41) is 10.9. The van der Waals surface area contributed by atoms with Gasteiger partial charge in [-0.25, -0.2) is 0 Å². The van der Waals surface area contributed by atoms with Gasteiger partial charge in [-0.05, 0) is 43.9 Å². The lowest BCUT2D eigenvalue weighted by Gasteiger charge is -2.27. The summed E-state index contributed by atoms with van der Waals surface area (Å²) in [5.41, 5.74) is 2.97. The molecule has 1 aromatic carbocycles. The Morgan fingerprint density at radius 2 is 2.20 bits per heavy atom. The molecule has 0 aliphatic carbocycles. The van der Waals surface area contributed by atoms with Gasteiger partial charge < -0.3 is 14.6 Å². The van der Waals surface area contributed by atoms with Crippen molar-refractivity contribution in [1.29, 1.82) is 0 Å². The Morgan fingerprint density at radius 1 is 1.50 bits per heavy atom. The van der Waals surface area contributed by atoms with E-state index in [2.05, 4.69) is 22.9 Å². The van der Waals surface area contributed by atoms with Crippen molar-refractivity contribution in [1.82, 2.24) is 0 Å². The van der Waals surface area contributed by atoms with Gasteiger partial charge >= 0.3 is 0 Å². The minimum absolute atomic E-state index is 0.133. The summed E-state index contributed by atoms with van der Waals surface area (Å²) in [6.07, 6.45) is 1.41.